The SMILES string of the molecule is COC(=O)c1ccc(CNC(=O)C2Cc3ccccc3O2)cc1. The first kappa shape index (κ1) is 15.1. The van der Waals surface area contributed by atoms with Gasteiger partial charge in [-0.3, -0.25) is 4.79 Å². The molecule has 118 valence electrons. The van der Waals surface area contributed by atoms with Crippen molar-refractivity contribution in [1.29, 1.82) is 0 Å². The highest BCUT2D eigenvalue weighted by Crippen LogP contribution is 2.28. The summed E-state index contributed by atoms with van der Waals surface area (Å²) in [5.74, 6) is 0.256. The van der Waals surface area contributed by atoms with E-state index in [-0.39, 0.29) is 11.9 Å². The highest BCUT2D eigenvalue weighted by Gasteiger charge is 2.28. The molecule has 0 aromatic heterocycles. The van der Waals surface area contributed by atoms with E-state index >= 15 is 0 Å². The number of hydrogen-bond acceptors (Lipinski definition) is 4. The van der Waals surface area contributed by atoms with Gasteiger partial charge in [0.15, 0.2) is 6.10 Å². The Labute approximate surface area is 134 Å². The maximum atomic E-state index is 12.2. The van der Waals surface area contributed by atoms with Crippen LogP contribution in [0.4, 0.5) is 0 Å². The van der Waals surface area contributed by atoms with Gasteiger partial charge in [-0.15, -0.1) is 0 Å². The number of rotatable bonds is 4. The second-order valence-corrected chi connectivity index (χ2v) is 5.32. The fraction of sp³-hybridized carbons (Fsp3) is 0.222. The van der Waals surface area contributed by atoms with Crippen LogP contribution in [-0.4, -0.2) is 25.1 Å². The van der Waals surface area contributed by atoms with Crippen molar-refractivity contribution in [3.05, 3.63) is 65.2 Å². The first-order valence-electron chi connectivity index (χ1n) is 7.37. The average Bonchev–Trinajstić information content (AvgIpc) is 3.03. The lowest BCUT2D eigenvalue weighted by molar-refractivity contribution is -0.127. The Kier molecular flexibility index (Phi) is 4.28. The summed E-state index contributed by atoms with van der Waals surface area (Å²) in [6.07, 6.45) is 0.102. The lowest BCUT2D eigenvalue weighted by atomic mass is 10.1. The van der Waals surface area contributed by atoms with Crippen molar-refractivity contribution in [3.8, 4) is 5.75 Å². The van der Waals surface area contributed by atoms with Gasteiger partial charge in [-0.05, 0) is 29.3 Å². The number of fused-ring (bicyclic) bond motifs is 1. The second kappa shape index (κ2) is 6.52. The predicted molar refractivity (Wildman–Crippen MR) is 84.2 cm³/mol. The van der Waals surface area contributed by atoms with E-state index in [1.54, 1.807) is 24.3 Å². The van der Waals surface area contributed by atoms with Crippen molar-refractivity contribution in [2.45, 2.75) is 19.1 Å². The Morgan fingerprint density at radius 1 is 1.17 bits per heavy atom. The average molecular weight is 311 g/mol. The van der Waals surface area contributed by atoms with E-state index in [0.29, 0.717) is 18.5 Å². The Bertz CT molecular complexity index is 699. The maximum absolute atomic E-state index is 12.2. The summed E-state index contributed by atoms with van der Waals surface area (Å²) in [5.41, 5.74) is 2.44. The van der Waals surface area contributed by atoms with Crippen molar-refractivity contribution in [1.82, 2.24) is 5.32 Å². The van der Waals surface area contributed by atoms with E-state index in [0.717, 1.165) is 16.9 Å². The molecule has 1 unspecified atom stereocenters. The van der Waals surface area contributed by atoms with Gasteiger partial charge < -0.3 is 14.8 Å². The maximum Gasteiger partial charge on any atom is 0.337 e. The summed E-state index contributed by atoms with van der Waals surface area (Å²) in [7, 11) is 1.34. The molecule has 5 heteroatoms. The Hall–Kier alpha value is -2.82. The van der Waals surface area contributed by atoms with E-state index < -0.39 is 6.10 Å². The minimum Gasteiger partial charge on any atom is -0.480 e. The van der Waals surface area contributed by atoms with Gasteiger partial charge in [0, 0.05) is 13.0 Å². The molecule has 0 saturated heterocycles. The number of benzene rings is 2. The summed E-state index contributed by atoms with van der Waals surface area (Å²) in [5, 5.41) is 2.86. The Morgan fingerprint density at radius 3 is 2.61 bits per heavy atom. The molecule has 0 fully saturated rings. The van der Waals surface area contributed by atoms with Crippen molar-refractivity contribution in [2.24, 2.45) is 0 Å². The van der Waals surface area contributed by atoms with Crippen molar-refractivity contribution in [3.63, 3.8) is 0 Å². The van der Waals surface area contributed by atoms with Crippen LogP contribution in [0.5, 0.6) is 5.75 Å². The van der Waals surface area contributed by atoms with E-state index in [9.17, 15) is 9.59 Å². The zero-order valence-electron chi connectivity index (χ0n) is 12.7. The molecule has 1 heterocycles. The normalized spacial score (nSPS) is 15.4. The van der Waals surface area contributed by atoms with Gasteiger partial charge >= 0.3 is 5.97 Å². The molecule has 2 aromatic rings. The molecule has 0 bridgehead atoms. The third-order valence-corrected chi connectivity index (χ3v) is 3.78. The van der Waals surface area contributed by atoms with Crippen LogP contribution in [-0.2, 0) is 22.5 Å². The minimum atomic E-state index is -0.484. The topological polar surface area (TPSA) is 64.6 Å². The van der Waals surface area contributed by atoms with Crippen LogP contribution in [0.25, 0.3) is 0 Å². The number of hydrogen-bond donors (Lipinski definition) is 1. The number of carbonyl (C=O) groups is 2. The van der Waals surface area contributed by atoms with Crippen LogP contribution in [0.2, 0.25) is 0 Å². The molecule has 0 spiro atoms. The number of amides is 1. The molecule has 0 saturated carbocycles. The van der Waals surface area contributed by atoms with Gasteiger partial charge in [-0.2, -0.15) is 0 Å². The van der Waals surface area contributed by atoms with Crippen LogP contribution in [0.15, 0.2) is 48.5 Å². The van der Waals surface area contributed by atoms with Crippen molar-refractivity contribution < 1.29 is 19.1 Å². The van der Waals surface area contributed by atoms with Crippen LogP contribution in [0.3, 0.4) is 0 Å². The Balaban J connectivity index is 1.55. The van der Waals surface area contributed by atoms with Gasteiger partial charge in [0.25, 0.3) is 5.91 Å². The van der Waals surface area contributed by atoms with E-state index in [1.807, 2.05) is 24.3 Å². The minimum absolute atomic E-state index is 0.141. The quantitative estimate of drug-likeness (QED) is 0.878. The highest BCUT2D eigenvalue weighted by molar-refractivity contribution is 5.89. The van der Waals surface area contributed by atoms with E-state index in [1.165, 1.54) is 7.11 Å². The lowest BCUT2D eigenvalue weighted by Gasteiger charge is -2.11. The summed E-state index contributed by atoms with van der Waals surface area (Å²) in [6, 6.07) is 14.6. The van der Waals surface area contributed by atoms with Crippen molar-refractivity contribution in [2.75, 3.05) is 7.11 Å². The van der Waals surface area contributed by atoms with Gasteiger partial charge in [-0.1, -0.05) is 30.3 Å². The molecule has 1 aliphatic heterocycles. The fourth-order valence-electron chi connectivity index (χ4n) is 2.51. The standard InChI is InChI=1S/C18H17NO4/c1-22-18(21)13-8-6-12(7-9-13)11-19-17(20)16-10-14-4-2-3-5-15(14)23-16/h2-9,16H,10-11H2,1H3,(H,19,20). The van der Waals surface area contributed by atoms with E-state index in [2.05, 4.69) is 10.1 Å². The third-order valence-electron chi connectivity index (χ3n) is 3.78. The van der Waals surface area contributed by atoms with Crippen LogP contribution < -0.4 is 10.1 Å². The molecule has 0 aliphatic carbocycles. The number of carbonyl (C=O) groups excluding carboxylic acids is 2. The summed E-state index contributed by atoms with van der Waals surface area (Å²) in [4.78, 5) is 23.6. The molecule has 3 rings (SSSR count). The van der Waals surface area contributed by atoms with Crippen LogP contribution in [0, 0.1) is 0 Å². The zero-order valence-corrected chi connectivity index (χ0v) is 12.7. The molecule has 1 amide bonds. The first-order chi connectivity index (χ1) is 11.2. The van der Waals surface area contributed by atoms with E-state index in [4.69, 9.17) is 4.74 Å². The molecular weight excluding hydrogens is 294 g/mol. The zero-order chi connectivity index (χ0) is 16.2. The summed E-state index contributed by atoms with van der Waals surface area (Å²) in [6.45, 7) is 0.385. The molecule has 5 nitrogen and oxygen atoms in total. The van der Waals surface area contributed by atoms with Gasteiger partial charge in [0.1, 0.15) is 5.75 Å². The number of methoxy groups -OCH3 is 1. The molecule has 23 heavy (non-hydrogen) atoms. The van der Waals surface area contributed by atoms with Gasteiger partial charge in [-0.25, -0.2) is 4.79 Å². The lowest BCUT2D eigenvalue weighted by Crippen LogP contribution is -2.37. The number of ether oxygens (including phenoxy) is 2. The number of nitrogens with one attached hydrogen (secondary N) is 1. The number of esters is 1. The Morgan fingerprint density at radius 2 is 1.91 bits per heavy atom. The smallest absolute Gasteiger partial charge is 0.337 e. The monoisotopic (exact) mass is 311 g/mol. The third kappa shape index (κ3) is 3.34. The second-order valence-electron chi connectivity index (χ2n) is 5.32. The molecule has 1 atom stereocenters. The van der Waals surface area contributed by atoms with Crippen LogP contribution >= 0.6 is 0 Å². The fourth-order valence-corrected chi connectivity index (χ4v) is 2.51. The molecule has 1 aliphatic rings. The molecule has 1 N–H and O–H groups in total. The predicted octanol–water partition coefficient (Wildman–Crippen LogP) is 2.09. The van der Waals surface area contributed by atoms with Crippen LogP contribution in [0.1, 0.15) is 21.5 Å². The highest BCUT2D eigenvalue weighted by atomic mass is 16.5. The summed E-state index contributed by atoms with van der Waals surface area (Å²) < 4.78 is 10.3. The largest absolute Gasteiger partial charge is 0.480 e. The molecule has 0 radical (unpaired) electrons. The number of para-hydroxylation sites is 1. The van der Waals surface area contributed by atoms with Gasteiger partial charge in [0.2, 0.25) is 0 Å². The van der Waals surface area contributed by atoms with Gasteiger partial charge in [0.05, 0.1) is 12.7 Å². The summed E-state index contributed by atoms with van der Waals surface area (Å²) >= 11 is 0. The van der Waals surface area contributed by atoms with Crippen molar-refractivity contribution >= 4 is 11.9 Å². The molecular formula is C18H17NO4. The molecule has 2 aromatic carbocycles. The first-order valence-corrected chi connectivity index (χ1v) is 7.37.